The van der Waals surface area contributed by atoms with E-state index >= 15 is 0 Å². The summed E-state index contributed by atoms with van der Waals surface area (Å²) in [4.78, 5) is 33.2. The first-order valence-electron chi connectivity index (χ1n) is 6.15. The second kappa shape index (κ2) is 5.58. The van der Waals surface area contributed by atoms with Crippen molar-refractivity contribution >= 4 is 39.6 Å². The lowest BCUT2D eigenvalue weighted by Gasteiger charge is -2.12. The number of nitro groups is 1. The molecule has 0 atom stereocenters. The highest BCUT2D eigenvalue weighted by atomic mass is 16.6. The van der Waals surface area contributed by atoms with Crippen LogP contribution in [0.4, 0.5) is 17.1 Å². The monoisotopic (exact) mass is 287 g/mol. The van der Waals surface area contributed by atoms with Gasteiger partial charge in [0.15, 0.2) is 0 Å². The van der Waals surface area contributed by atoms with E-state index in [0.29, 0.717) is 16.5 Å². The number of rotatable bonds is 3. The van der Waals surface area contributed by atoms with Crippen LogP contribution in [0.3, 0.4) is 0 Å². The number of nitrogens with zero attached hydrogens (tertiary/aromatic N) is 1. The highest BCUT2D eigenvalue weighted by molar-refractivity contribution is 6.12. The summed E-state index contributed by atoms with van der Waals surface area (Å²) in [6.45, 7) is 2.60. The van der Waals surface area contributed by atoms with Crippen molar-refractivity contribution in [2.24, 2.45) is 0 Å². The van der Waals surface area contributed by atoms with Crippen LogP contribution in [0, 0.1) is 10.1 Å². The molecule has 0 fully saturated rings. The number of amides is 2. The maximum absolute atomic E-state index is 11.3. The van der Waals surface area contributed by atoms with Gasteiger partial charge in [0, 0.05) is 30.7 Å². The number of nitro benzene ring substituents is 1. The zero-order valence-corrected chi connectivity index (χ0v) is 11.5. The molecule has 2 aromatic carbocycles. The Morgan fingerprint density at radius 2 is 1.62 bits per heavy atom. The van der Waals surface area contributed by atoms with Crippen LogP contribution in [0.1, 0.15) is 13.8 Å². The van der Waals surface area contributed by atoms with Crippen molar-refractivity contribution in [3.8, 4) is 0 Å². The van der Waals surface area contributed by atoms with E-state index in [0.717, 1.165) is 0 Å². The first-order chi connectivity index (χ1) is 9.90. The molecule has 0 spiro atoms. The van der Waals surface area contributed by atoms with Gasteiger partial charge in [0.2, 0.25) is 11.8 Å². The Labute approximate surface area is 120 Å². The summed E-state index contributed by atoms with van der Waals surface area (Å²) in [5.41, 5.74) is 0.184. The minimum atomic E-state index is -0.594. The SMILES string of the molecule is CC(=O)Nc1cc([N+](=O)[O-])c(NC(C)=O)c2ccccc12. The summed E-state index contributed by atoms with van der Waals surface area (Å²) in [6, 6.07) is 8.07. The Balaban J connectivity index is 2.80. The summed E-state index contributed by atoms with van der Waals surface area (Å²) >= 11 is 0. The van der Waals surface area contributed by atoms with Gasteiger partial charge >= 0.3 is 0 Å². The smallest absolute Gasteiger partial charge is 0.295 e. The number of nitrogens with one attached hydrogen (secondary N) is 2. The number of carbonyl (C=O) groups excluding carboxylic acids is 2. The first-order valence-corrected chi connectivity index (χ1v) is 6.15. The fraction of sp³-hybridized carbons (Fsp3) is 0.143. The van der Waals surface area contributed by atoms with Gasteiger partial charge < -0.3 is 10.6 Å². The van der Waals surface area contributed by atoms with E-state index < -0.39 is 10.8 Å². The van der Waals surface area contributed by atoms with Crippen molar-refractivity contribution in [1.29, 1.82) is 0 Å². The molecular formula is C14H13N3O4. The summed E-state index contributed by atoms with van der Waals surface area (Å²) in [5.74, 6) is -0.739. The fourth-order valence-corrected chi connectivity index (χ4v) is 2.11. The van der Waals surface area contributed by atoms with Gasteiger partial charge in [0.05, 0.1) is 10.6 Å². The zero-order valence-electron chi connectivity index (χ0n) is 11.5. The highest BCUT2D eigenvalue weighted by Gasteiger charge is 2.21. The average molecular weight is 287 g/mol. The normalized spacial score (nSPS) is 10.2. The van der Waals surface area contributed by atoms with Crippen molar-refractivity contribution in [1.82, 2.24) is 0 Å². The van der Waals surface area contributed by atoms with Crippen LogP contribution in [-0.2, 0) is 9.59 Å². The number of fused-ring (bicyclic) bond motifs is 1. The maximum Gasteiger partial charge on any atom is 0.295 e. The summed E-state index contributed by atoms with van der Waals surface area (Å²) < 4.78 is 0. The number of carbonyl (C=O) groups is 2. The van der Waals surface area contributed by atoms with Crippen molar-refractivity contribution in [3.63, 3.8) is 0 Å². The van der Waals surface area contributed by atoms with E-state index in [1.165, 1.54) is 19.9 Å². The highest BCUT2D eigenvalue weighted by Crippen LogP contribution is 2.38. The summed E-state index contributed by atoms with van der Waals surface area (Å²) in [7, 11) is 0. The van der Waals surface area contributed by atoms with Gasteiger partial charge in [-0.25, -0.2) is 0 Å². The van der Waals surface area contributed by atoms with Gasteiger partial charge in [0.1, 0.15) is 5.69 Å². The third-order valence-electron chi connectivity index (χ3n) is 2.83. The molecule has 0 aliphatic rings. The van der Waals surface area contributed by atoms with Crippen LogP contribution < -0.4 is 10.6 Å². The first kappa shape index (κ1) is 14.4. The molecule has 0 unspecified atom stereocenters. The topological polar surface area (TPSA) is 101 Å². The molecule has 2 amide bonds. The van der Waals surface area contributed by atoms with Crippen LogP contribution in [-0.4, -0.2) is 16.7 Å². The molecule has 0 aliphatic heterocycles. The van der Waals surface area contributed by atoms with Crippen molar-refractivity contribution in [2.45, 2.75) is 13.8 Å². The fourth-order valence-electron chi connectivity index (χ4n) is 2.11. The Bertz CT molecular complexity index is 755. The summed E-state index contributed by atoms with van der Waals surface area (Å²) in [6.07, 6.45) is 0. The van der Waals surface area contributed by atoms with Crippen LogP contribution >= 0.6 is 0 Å². The molecule has 0 bridgehead atoms. The Kier molecular flexibility index (Phi) is 3.84. The second-order valence-corrected chi connectivity index (χ2v) is 4.48. The van der Waals surface area contributed by atoms with Crippen LogP contribution in [0.15, 0.2) is 30.3 Å². The number of hydrogen-bond donors (Lipinski definition) is 2. The van der Waals surface area contributed by atoms with E-state index in [1.54, 1.807) is 24.3 Å². The minimum Gasteiger partial charge on any atom is -0.326 e. The molecule has 0 saturated heterocycles. The predicted octanol–water partition coefficient (Wildman–Crippen LogP) is 2.66. The molecule has 2 rings (SSSR count). The van der Waals surface area contributed by atoms with E-state index in [9.17, 15) is 19.7 Å². The van der Waals surface area contributed by atoms with Crippen LogP contribution in [0.5, 0.6) is 0 Å². The lowest BCUT2D eigenvalue weighted by atomic mass is 10.0. The van der Waals surface area contributed by atoms with Crippen molar-refractivity contribution < 1.29 is 14.5 Å². The zero-order chi connectivity index (χ0) is 15.6. The third kappa shape index (κ3) is 2.97. The molecule has 0 aromatic heterocycles. The van der Waals surface area contributed by atoms with E-state index in [2.05, 4.69) is 10.6 Å². The average Bonchev–Trinajstić information content (AvgIpc) is 2.40. The molecule has 108 valence electrons. The number of hydrogen-bond acceptors (Lipinski definition) is 4. The standard InChI is InChI=1S/C14H13N3O4/c1-8(18)15-12-7-13(17(20)21)14(16-9(2)19)11-6-4-3-5-10(11)12/h3-7H,1-2H3,(H,15,18)(H,16,19). The molecule has 0 saturated carbocycles. The molecule has 7 heteroatoms. The number of benzene rings is 2. The van der Waals surface area contributed by atoms with Crippen molar-refractivity contribution in [3.05, 3.63) is 40.4 Å². The third-order valence-corrected chi connectivity index (χ3v) is 2.83. The van der Waals surface area contributed by atoms with Crippen LogP contribution in [0.25, 0.3) is 10.8 Å². The second-order valence-electron chi connectivity index (χ2n) is 4.48. The van der Waals surface area contributed by atoms with Gasteiger partial charge in [-0.05, 0) is 0 Å². The largest absolute Gasteiger partial charge is 0.326 e. The molecule has 7 nitrogen and oxygen atoms in total. The van der Waals surface area contributed by atoms with E-state index in [1.807, 2.05) is 0 Å². The maximum atomic E-state index is 11.3. The van der Waals surface area contributed by atoms with Crippen LogP contribution in [0.2, 0.25) is 0 Å². The van der Waals surface area contributed by atoms with E-state index in [4.69, 9.17) is 0 Å². The van der Waals surface area contributed by atoms with Gasteiger partial charge in [0.25, 0.3) is 5.69 Å². The molecule has 21 heavy (non-hydrogen) atoms. The Hall–Kier alpha value is -2.96. The molecule has 2 aromatic rings. The van der Waals surface area contributed by atoms with E-state index in [-0.39, 0.29) is 17.3 Å². The Morgan fingerprint density at radius 1 is 1.05 bits per heavy atom. The molecule has 2 N–H and O–H groups in total. The molecule has 0 radical (unpaired) electrons. The van der Waals surface area contributed by atoms with Gasteiger partial charge in [-0.2, -0.15) is 0 Å². The predicted molar refractivity (Wildman–Crippen MR) is 79.2 cm³/mol. The van der Waals surface area contributed by atoms with Crippen molar-refractivity contribution in [2.75, 3.05) is 10.6 Å². The quantitative estimate of drug-likeness (QED) is 0.669. The molecule has 0 aliphatic carbocycles. The molecular weight excluding hydrogens is 274 g/mol. The lowest BCUT2D eigenvalue weighted by Crippen LogP contribution is -2.11. The summed E-state index contributed by atoms with van der Waals surface area (Å²) in [5, 5.41) is 17.4. The Morgan fingerprint density at radius 3 is 2.14 bits per heavy atom. The molecule has 0 heterocycles. The van der Waals surface area contributed by atoms with Gasteiger partial charge in [-0.1, -0.05) is 24.3 Å². The lowest BCUT2D eigenvalue weighted by molar-refractivity contribution is -0.383. The van der Waals surface area contributed by atoms with Gasteiger partial charge in [-0.15, -0.1) is 0 Å². The number of anilines is 2. The minimum absolute atomic E-state index is 0.122. The van der Waals surface area contributed by atoms with Gasteiger partial charge in [-0.3, -0.25) is 19.7 Å².